The molecule has 1 N–H and O–H groups in total. The molecule has 0 aromatic heterocycles. The van der Waals surface area contributed by atoms with Gasteiger partial charge in [-0.1, -0.05) is 24.3 Å². The summed E-state index contributed by atoms with van der Waals surface area (Å²) >= 11 is 0. The Hall–Kier alpha value is -3.55. The lowest BCUT2D eigenvalue weighted by Gasteiger charge is -2.19. The normalized spacial score (nSPS) is 16.2. The lowest BCUT2D eigenvalue weighted by Crippen LogP contribution is -2.37. The fourth-order valence-electron chi connectivity index (χ4n) is 3.28. The van der Waals surface area contributed by atoms with Crippen LogP contribution in [0.1, 0.15) is 29.8 Å². The first-order valence-electron chi connectivity index (χ1n) is 9.54. The number of carbonyl (C=O) groups excluding carboxylic acids is 4. The molecule has 0 bridgehead atoms. The highest BCUT2D eigenvalue weighted by Gasteiger charge is 2.44. The molecule has 1 fully saturated rings. The van der Waals surface area contributed by atoms with E-state index in [2.05, 4.69) is 5.32 Å². The minimum atomic E-state index is -0.785. The average Bonchev–Trinajstić information content (AvgIpc) is 2.92. The first-order valence-corrected chi connectivity index (χ1v) is 9.54. The minimum absolute atomic E-state index is 0.106. The summed E-state index contributed by atoms with van der Waals surface area (Å²) < 4.78 is 13.2. The number of carbonyl (C=O) groups is 4. The summed E-state index contributed by atoms with van der Waals surface area (Å²) in [5.74, 6) is -1.40. The predicted molar refractivity (Wildman–Crippen MR) is 109 cm³/mol. The van der Waals surface area contributed by atoms with E-state index in [0.29, 0.717) is 24.2 Å². The number of hydrogen-bond donors (Lipinski definition) is 1. The van der Waals surface area contributed by atoms with Gasteiger partial charge in [0.15, 0.2) is 5.78 Å². The molecule has 0 aliphatic carbocycles. The number of urea groups is 1. The van der Waals surface area contributed by atoms with E-state index in [1.54, 1.807) is 31.2 Å². The number of ketones is 1. The number of benzene rings is 2. The monoisotopic (exact) mass is 411 g/mol. The lowest BCUT2D eigenvalue weighted by atomic mass is 10.1. The number of anilines is 1. The second-order valence-corrected chi connectivity index (χ2v) is 7.08. The third kappa shape index (κ3) is 4.53. The maximum atomic E-state index is 13.2. The smallest absolute Gasteiger partial charge is 0.332 e. The van der Waals surface area contributed by atoms with Crippen molar-refractivity contribution in [2.45, 2.75) is 26.3 Å². The van der Waals surface area contributed by atoms with Crippen LogP contribution in [-0.4, -0.2) is 47.7 Å². The molecule has 1 saturated heterocycles. The van der Waals surface area contributed by atoms with Crippen molar-refractivity contribution in [1.29, 1.82) is 0 Å². The van der Waals surface area contributed by atoms with E-state index in [4.69, 9.17) is 0 Å². The molecule has 2 aromatic carbocycles. The van der Waals surface area contributed by atoms with E-state index >= 15 is 0 Å². The number of nitrogens with one attached hydrogen (secondary N) is 1. The quantitative estimate of drug-likeness (QED) is 0.560. The van der Waals surface area contributed by atoms with Crippen molar-refractivity contribution >= 4 is 29.3 Å². The second kappa shape index (κ2) is 8.86. The molecule has 0 unspecified atom stereocenters. The zero-order valence-corrected chi connectivity index (χ0v) is 16.7. The SMILES string of the molecule is CC(=O)NCCc1ccc(C(=O)CN2C(=O)[C@H](C)N(c3ccc(F)cc3)C2=O)cc1. The first kappa shape index (κ1) is 21.2. The molecular formula is C22H22FN3O4. The molecule has 0 spiro atoms. The average molecular weight is 411 g/mol. The van der Waals surface area contributed by atoms with E-state index in [1.807, 2.05) is 0 Å². The molecule has 156 valence electrons. The largest absolute Gasteiger partial charge is 0.356 e. The number of Topliss-reactive ketones (excluding diaryl/α,β-unsaturated/α-hetero) is 1. The molecule has 4 amide bonds. The summed E-state index contributed by atoms with van der Waals surface area (Å²) in [4.78, 5) is 51.0. The molecule has 0 saturated carbocycles. The van der Waals surface area contributed by atoms with Crippen LogP contribution in [-0.2, 0) is 16.0 Å². The van der Waals surface area contributed by atoms with Gasteiger partial charge >= 0.3 is 6.03 Å². The summed E-state index contributed by atoms with van der Waals surface area (Å²) in [5.41, 5.74) is 1.72. The van der Waals surface area contributed by atoms with Crippen LogP contribution in [0.15, 0.2) is 48.5 Å². The summed E-state index contributed by atoms with van der Waals surface area (Å²) in [7, 11) is 0. The molecule has 1 aliphatic rings. The molecule has 1 aliphatic heterocycles. The van der Waals surface area contributed by atoms with Gasteiger partial charge in [-0.25, -0.2) is 9.18 Å². The molecule has 2 aromatic rings. The van der Waals surface area contributed by atoms with Crippen molar-refractivity contribution in [3.8, 4) is 0 Å². The van der Waals surface area contributed by atoms with E-state index < -0.39 is 23.8 Å². The van der Waals surface area contributed by atoms with Gasteiger partial charge in [0.1, 0.15) is 11.9 Å². The van der Waals surface area contributed by atoms with Gasteiger partial charge in [-0.15, -0.1) is 0 Å². The predicted octanol–water partition coefficient (Wildman–Crippen LogP) is 2.54. The van der Waals surface area contributed by atoms with Gasteiger partial charge in [-0.2, -0.15) is 0 Å². The molecule has 3 rings (SSSR count). The number of rotatable bonds is 7. The highest BCUT2D eigenvalue weighted by molar-refractivity contribution is 6.16. The fourth-order valence-corrected chi connectivity index (χ4v) is 3.28. The zero-order chi connectivity index (χ0) is 21.8. The highest BCUT2D eigenvalue weighted by atomic mass is 19.1. The van der Waals surface area contributed by atoms with Gasteiger partial charge in [0, 0.05) is 24.7 Å². The summed E-state index contributed by atoms with van der Waals surface area (Å²) in [6.45, 7) is 3.14. The Balaban J connectivity index is 1.67. The van der Waals surface area contributed by atoms with Crippen LogP contribution < -0.4 is 10.2 Å². The Bertz CT molecular complexity index is 973. The molecular weight excluding hydrogens is 389 g/mol. The molecule has 30 heavy (non-hydrogen) atoms. The maximum Gasteiger partial charge on any atom is 0.332 e. The van der Waals surface area contributed by atoms with Crippen LogP contribution >= 0.6 is 0 Å². The second-order valence-electron chi connectivity index (χ2n) is 7.08. The van der Waals surface area contributed by atoms with Crippen LogP contribution in [0.4, 0.5) is 14.9 Å². The number of halogens is 1. The molecule has 7 nitrogen and oxygen atoms in total. The zero-order valence-electron chi connectivity index (χ0n) is 16.7. The molecule has 8 heteroatoms. The molecule has 1 heterocycles. The summed E-state index contributed by atoms with van der Waals surface area (Å²) in [6, 6.07) is 10.7. The van der Waals surface area contributed by atoms with Crippen LogP contribution in [0.25, 0.3) is 0 Å². The van der Waals surface area contributed by atoms with Crippen molar-refractivity contribution in [3.05, 3.63) is 65.5 Å². The Labute approximate surface area is 173 Å². The first-order chi connectivity index (χ1) is 14.3. The minimum Gasteiger partial charge on any atom is -0.356 e. The van der Waals surface area contributed by atoms with Gasteiger partial charge in [-0.3, -0.25) is 24.2 Å². The molecule has 0 radical (unpaired) electrons. The van der Waals surface area contributed by atoms with Crippen LogP contribution in [0.5, 0.6) is 0 Å². The van der Waals surface area contributed by atoms with Crippen LogP contribution in [0.3, 0.4) is 0 Å². The molecule has 1 atom stereocenters. The third-order valence-corrected chi connectivity index (χ3v) is 4.92. The number of hydrogen-bond acceptors (Lipinski definition) is 4. The van der Waals surface area contributed by atoms with Crippen molar-refractivity contribution < 1.29 is 23.6 Å². The van der Waals surface area contributed by atoms with Crippen molar-refractivity contribution in [3.63, 3.8) is 0 Å². The summed E-state index contributed by atoms with van der Waals surface area (Å²) in [5, 5.41) is 2.70. The fraction of sp³-hybridized carbons (Fsp3) is 0.273. The standard InChI is InChI=1S/C22H22FN3O4/c1-14-21(29)25(22(30)26(14)19-9-7-18(23)8-10-19)13-20(28)17-5-3-16(4-6-17)11-12-24-15(2)27/h3-10,14H,11-13H2,1-2H3,(H,24,27)/t14-/m0/s1. The van der Waals surface area contributed by atoms with Crippen molar-refractivity contribution in [2.24, 2.45) is 0 Å². The van der Waals surface area contributed by atoms with Gasteiger partial charge in [0.2, 0.25) is 5.91 Å². The number of imide groups is 1. The van der Waals surface area contributed by atoms with E-state index in [1.165, 1.54) is 36.1 Å². The Morgan fingerprint density at radius 3 is 2.27 bits per heavy atom. The van der Waals surface area contributed by atoms with Crippen molar-refractivity contribution in [2.75, 3.05) is 18.0 Å². The lowest BCUT2D eigenvalue weighted by molar-refractivity contribution is -0.126. The maximum absolute atomic E-state index is 13.2. The van der Waals surface area contributed by atoms with Crippen LogP contribution in [0.2, 0.25) is 0 Å². The number of amides is 4. The van der Waals surface area contributed by atoms with Gasteiger partial charge < -0.3 is 5.32 Å². The third-order valence-electron chi connectivity index (χ3n) is 4.92. The van der Waals surface area contributed by atoms with Crippen molar-refractivity contribution in [1.82, 2.24) is 10.2 Å². The number of nitrogens with zero attached hydrogens (tertiary/aromatic N) is 2. The topological polar surface area (TPSA) is 86.8 Å². The Morgan fingerprint density at radius 1 is 1.03 bits per heavy atom. The van der Waals surface area contributed by atoms with Gasteiger partial charge in [0.05, 0.1) is 6.54 Å². The van der Waals surface area contributed by atoms with E-state index in [0.717, 1.165) is 10.5 Å². The van der Waals surface area contributed by atoms with Crippen LogP contribution in [0, 0.1) is 5.82 Å². The Kier molecular flexibility index (Phi) is 6.25. The van der Waals surface area contributed by atoms with E-state index in [9.17, 15) is 23.6 Å². The summed E-state index contributed by atoms with van der Waals surface area (Å²) in [6.07, 6.45) is 0.626. The van der Waals surface area contributed by atoms with Gasteiger partial charge in [0.25, 0.3) is 5.91 Å². The van der Waals surface area contributed by atoms with E-state index in [-0.39, 0.29) is 18.2 Å². The van der Waals surface area contributed by atoms with Gasteiger partial charge in [-0.05, 0) is 43.2 Å². The Morgan fingerprint density at radius 2 is 1.67 bits per heavy atom. The highest BCUT2D eigenvalue weighted by Crippen LogP contribution is 2.26.